The molecular weight excluding hydrogens is 300 g/mol. The lowest BCUT2D eigenvalue weighted by molar-refractivity contribution is -0.117. The lowest BCUT2D eigenvalue weighted by Gasteiger charge is -2.19. The summed E-state index contributed by atoms with van der Waals surface area (Å²) in [5.41, 5.74) is 3.35. The number of amides is 1. The van der Waals surface area contributed by atoms with Gasteiger partial charge in [0, 0.05) is 36.8 Å². The summed E-state index contributed by atoms with van der Waals surface area (Å²) in [5.74, 6) is 1.13. The summed E-state index contributed by atoms with van der Waals surface area (Å²) in [6.45, 7) is 3.72. The van der Waals surface area contributed by atoms with E-state index < -0.39 is 0 Å². The van der Waals surface area contributed by atoms with Crippen molar-refractivity contribution in [1.29, 1.82) is 0 Å². The second-order valence-corrected chi connectivity index (χ2v) is 6.15. The summed E-state index contributed by atoms with van der Waals surface area (Å²) in [6, 6.07) is 16.5. The number of methoxy groups -OCH3 is 1. The lowest BCUT2D eigenvalue weighted by atomic mass is 10.1. The molecule has 2 aromatic rings. The second kappa shape index (κ2) is 7.49. The predicted octanol–water partition coefficient (Wildman–Crippen LogP) is 3.67. The third-order valence-corrected chi connectivity index (χ3v) is 4.57. The van der Waals surface area contributed by atoms with E-state index in [-0.39, 0.29) is 11.9 Å². The van der Waals surface area contributed by atoms with Crippen LogP contribution in [0.2, 0.25) is 0 Å². The predicted molar refractivity (Wildman–Crippen MR) is 96.3 cm³/mol. The van der Waals surface area contributed by atoms with Gasteiger partial charge in [0.15, 0.2) is 0 Å². The number of hydrogen-bond donors (Lipinski definition) is 1. The Bertz CT molecular complexity index is 697. The average Bonchev–Trinajstić information content (AvgIpc) is 3.06. The zero-order valence-electron chi connectivity index (χ0n) is 14.3. The molecule has 3 rings (SSSR count). The van der Waals surface area contributed by atoms with Gasteiger partial charge in [-0.15, -0.1) is 0 Å². The van der Waals surface area contributed by atoms with Crippen LogP contribution in [0.4, 0.5) is 5.69 Å². The van der Waals surface area contributed by atoms with Crippen LogP contribution in [0.3, 0.4) is 0 Å². The van der Waals surface area contributed by atoms with Crippen LogP contribution in [0.25, 0.3) is 0 Å². The van der Waals surface area contributed by atoms with Gasteiger partial charge < -0.3 is 15.0 Å². The third kappa shape index (κ3) is 3.60. The fourth-order valence-corrected chi connectivity index (χ4v) is 3.09. The van der Waals surface area contributed by atoms with Gasteiger partial charge in [0.05, 0.1) is 7.11 Å². The van der Waals surface area contributed by atoms with Crippen LogP contribution in [-0.2, 0) is 11.3 Å². The molecule has 4 heteroatoms. The highest BCUT2D eigenvalue weighted by Gasteiger charge is 2.21. The first-order chi connectivity index (χ1) is 11.7. The number of rotatable bonds is 6. The zero-order valence-corrected chi connectivity index (χ0v) is 14.3. The summed E-state index contributed by atoms with van der Waals surface area (Å²) < 4.78 is 5.39. The molecule has 4 nitrogen and oxygen atoms in total. The molecule has 0 aliphatic carbocycles. The number of carbonyl (C=O) groups excluding carboxylic acids is 1. The molecule has 1 saturated heterocycles. The first-order valence-electron chi connectivity index (χ1n) is 8.44. The third-order valence-electron chi connectivity index (χ3n) is 4.57. The molecule has 0 unspecified atom stereocenters. The van der Waals surface area contributed by atoms with E-state index in [1.54, 1.807) is 7.11 Å². The molecule has 1 aliphatic rings. The van der Waals surface area contributed by atoms with Crippen molar-refractivity contribution in [3.63, 3.8) is 0 Å². The summed E-state index contributed by atoms with van der Waals surface area (Å²) >= 11 is 0. The summed E-state index contributed by atoms with van der Waals surface area (Å²) in [7, 11) is 1.70. The van der Waals surface area contributed by atoms with E-state index >= 15 is 0 Å². The van der Waals surface area contributed by atoms with E-state index in [0.717, 1.165) is 36.5 Å². The van der Waals surface area contributed by atoms with Gasteiger partial charge in [-0.25, -0.2) is 0 Å². The number of carbonyl (C=O) groups is 1. The number of para-hydroxylation sites is 1. The minimum absolute atomic E-state index is 0.221. The fourth-order valence-electron chi connectivity index (χ4n) is 3.09. The van der Waals surface area contributed by atoms with E-state index in [2.05, 4.69) is 30.4 Å². The van der Waals surface area contributed by atoms with Gasteiger partial charge in [-0.3, -0.25) is 4.79 Å². The van der Waals surface area contributed by atoms with E-state index in [1.807, 2.05) is 35.2 Å². The van der Waals surface area contributed by atoms with Gasteiger partial charge >= 0.3 is 0 Å². The van der Waals surface area contributed by atoms with Gasteiger partial charge in [-0.2, -0.15) is 0 Å². The SMILES string of the molecule is COc1ccccc1CN[C@H](C)c1ccc(N2CCCC2=O)cc1. The van der Waals surface area contributed by atoms with Crippen molar-refractivity contribution >= 4 is 11.6 Å². The van der Waals surface area contributed by atoms with Gasteiger partial charge in [0.1, 0.15) is 5.75 Å². The minimum Gasteiger partial charge on any atom is -0.496 e. The highest BCUT2D eigenvalue weighted by Crippen LogP contribution is 2.24. The largest absolute Gasteiger partial charge is 0.496 e. The number of nitrogens with one attached hydrogen (secondary N) is 1. The maximum atomic E-state index is 11.8. The Labute approximate surface area is 143 Å². The molecule has 1 fully saturated rings. The summed E-state index contributed by atoms with van der Waals surface area (Å²) in [4.78, 5) is 13.7. The van der Waals surface area contributed by atoms with Crippen LogP contribution in [-0.4, -0.2) is 19.6 Å². The van der Waals surface area contributed by atoms with Crippen LogP contribution in [0, 0.1) is 0 Å². The monoisotopic (exact) mass is 324 g/mol. The molecule has 0 saturated carbocycles. The zero-order chi connectivity index (χ0) is 16.9. The topological polar surface area (TPSA) is 41.6 Å². The fraction of sp³-hybridized carbons (Fsp3) is 0.350. The molecule has 0 aromatic heterocycles. The standard InChI is InChI=1S/C20H24N2O2/c1-15(21-14-17-6-3-4-7-19(17)24-2)16-9-11-18(12-10-16)22-13-5-8-20(22)23/h3-4,6-7,9-12,15,21H,5,8,13-14H2,1-2H3/t15-/m1/s1. The first-order valence-corrected chi connectivity index (χ1v) is 8.44. The number of ether oxygens (including phenoxy) is 1. The molecule has 0 spiro atoms. The summed E-state index contributed by atoms with van der Waals surface area (Å²) in [5, 5.41) is 3.53. The normalized spacial score (nSPS) is 15.6. The minimum atomic E-state index is 0.221. The Kier molecular flexibility index (Phi) is 5.16. The van der Waals surface area contributed by atoms with Gasteiger partial charge in [-0.05, 0) is 37.1 Å². The average molecular weight is 324 g/mol. The van der Waals surface area contributed by atoms with Crippen molar-refractivity contribution in [3.05, 3.63) is 59.7 Å². The smallest absolute Gasteiger partial charge is 0.227 e. The van der Waals surface area contributed by atoms with Gasteiger partial charge in [-0.1, -0.05) is 30.3 Å². The van der Waals surface area contributed by atoms with Crippen LogP contribution in [0.15, 0.2) is 48.5 Å². The van der Waals surface area contributed by atoms with Crippen LogP contribution >= 0.6 is 0 Å². The first kappa shape index (κ1) is 16.5. The quantitative estimate of drug-likeness (QED) is 0.881. The van der Waals surface area contributed by atoms with E-state index in [9.17, 15) is 4.79 Å². The number of benzene rings is 2. The molecule has 1 aliphatic heterocycles. The van der Waals surface area contributed by atoms with E-state index in [0.29, 0.717) is 6.42 Å². The van der Waals surface area contributed by atoms with Crippen molar-refractivity contribution in [1.82, 2.24) is 5.32 Å². The number of anilines is 1. The van der Waals surface area contributed by atoms with Gasteiger partial charge in [0.2, 0.25) is 5.91 Å². The maximum Gasteiger partial charge on any atom is 0.227 e. The molecule has 1 amide bonds. The molecule has 1 atom stereocenters. The highest BCUT2D eigenvalue weighted by atomic mass is 16.5. The van der Waals surface area contributed by atoms with Crippen LogP contribution in [0.5, 0.6) is 5.75 Å². The van der Waals surface area contributed by atoms with Crippen molar-refractivity contribution in [3.8, 4) is 5.75 Å². The van der Waals surface area contributed by atoms with Gasteiger partial charge in [0.25, 0.3) is 0 Å². The second-order valence-electron chi connectivity index (χ2n) is 6.15. The molecule has 1 N–H and O–H groups in total. The van der Waals surface area contributed by atoms with E-state index in [1.165, 1.54) is 5.56 Å². The Morgan fingerprint density at radius 3 is 2.58 bits per heavy atom. The van der Waals surface area contributed by atoms with Crippen LogP contribution < -0.4 is 15.0 Å². The van der Waals surface area contributed by atoms with Crippen molar-refractivity contribution < 1.29 is 9.53 Å². The Hall–Kier alpha value is -2.33. The number of nitrogens with zero attached hydrogens (tertiary/aromatic N) is 1. The van der Waals surface area contributed by atoms with Crippen LogP contribution in [0.1, 0.15) is 36.9 Å². The molecule has 0 bridgehead atoms. The lowest BCUT2D eigenvalue weighted by Crippen LogP contribution is -2.23. The maximum absolute atomic E-state index is 11.8. The highest BCUT2D eigenvalue weighted by molar-refractivity contribution is 5.95. The molecule has 24 heavy (non-hydrogen) atoms. The molecule has 2 aromatic carbocycles. The van der Waals surface area contributed by atoms with Crippen molar-refractivity contribution in [2.24, 2.45) is 0 Å². The Balaban J connectivity index is 1.63. The number of hydrogen-bond acceptors (Lipinski definition) is 3. The van der Waals surface area contributed by atoms with Crippen molar-refractivity contribution in [2.75, 3.05) is 18.6 Å². The Morgan fingerprint density at radius 2 is 1.92 bits per heavy atom. The molecule has 0 radical (unpaired) electrons. The molecule has 126 valence electrons. The molecule has 1 heterocycles. The van der Waals surface area contributed by atoms with Crippen molar-refractivity contribution in [2.45, 2.75) is 32.4 Å². The molecular formula is C20H24N2O2. The summed E-state index contributed by atoms with van der Waals surface area (Å²) in [6.07, 6.45) is 1.62. The van der Waals surface area contributed by atoms with E-state index in [4.69, 9.17) is 4.74 Å². The Morgan fingerprint density at radius 1 is 1.17 bits per heavy atom.